The van der Waals surface area contributed by atoms with Crippen molar-refractivity contribution in [3.05, 3.63) is 83.4 Å². The lowest BCUT2D eigenvalue weighted by atomic mass is 9.95. The predicted molar refractivity (Wildman–Crippen MR) is 111 cm³/mol. The third-order valence-electron chi connectivity index (χ3n) is 4.31. The zero-order valence-corrected chi connectivity index (χ0v) is 16.3. The lowest BCUT2D eigenvalue weighted by molar-refractivity contribution is -0.136. The number of aryl methyl sites for hydroxylation is 1. The maximum Gasteiger partial charge on any atom is 0.307 e. The molecule has 0 aliphatic rings. The second-order valence-corrected chi connectivity index (χ2v) is 7.42. The molecule has 0 spiro atoms. The molecule has 0 radical (unpaired) electrons. The Labute approximate surface area is 164 Å². The topological polar surface area (TPSA) is 46.5 Å². The zero-order chi connectivity index (χ0) is 19.2. The summed E-state index contributed by atoms with van der Waals surface area (Å²) < 4.78 is 5.55. The van der Waals surface area contributed by atoms with Gasteiger partial charge in [0, 0.05) is 16.2 Å². The van der Waals surface area contributed by atoms with Crippen molar-refractivity contribution in [1.82, 2.24) is 0 Å². The van der Waals surface area contributed by atoms with E-state index in [0.717, 1.165) is 28.2 Å². The van der Waals surface area contributed by atoms with E-state index in [1.165, 1.54) is 16.0 Å². The summed E-state index contributed by atoms with van der Waals surface area (Å²) in [4.78, 5) is 12.3. The minimum atomic E-state index is -0.838. The molecule has 0 fully saturated rings. The minimum Gasteiger partial charge on any atom is -0.496 e. The third-order valence-corrected chi connectivity index (χ3v) is 5.37. The molecule has 0 bridgehead atoms. The fraction of sp³-hybridized carbons (Fsp3) is 0.174. The summed E-state index contributed by atoms with van der Waals surface area (Å²) in [5, 5.41) is 9.12. The van der Waals surface area contributed by atoms with Gasteiger partial charge < -0.3 is 9.84 Å². The zero-order valence-electron chi connectivity index (χ0n) is 15.4. The summed E-state index contributed by atoms with van der Waals surface area (Å²) in [6, 6.07) is 22.3. The average molecular weight is 378 g/mol. The quantitative estimate of drug-likeness (QED) is 0.544. The molecular formula is C23H22O3S. The van der Waals surface area contributed by atoms with Crippen LogP contribution in [0, 0.1) is 6.92 Å². The Hall–Kier alpha value is -2.72. The first-order valence-corrected chi connectivity index (χ1v) is 9.72. The van der Waals surface area contributed by atoms with Crippen LogP contribution in [-0.4, -0.2) is 18.2 Å². The van der Waals surface area contributed by atoms with E-state index >= 15 is 0 Å². The molecule has 0 heterocycles. The van der Waals surface area contributed by atoms with Crippen LogP contribution in [0.2, 0.25) is 0 Å². The Morgan fingerprint density at radius 3 is 2.48 bits per heavy atom. The van der Waals surface area contributed by atoms with Crippen molar-refractivity contribution in [2.75, 3.05) is 7.11 Å². The van der Waals surface area contributed by atoms with E-state index in [9.17, 15) is 4.79 Å². The van der Waals surface area contributed by atoms with Crippen LogP contribution >= 0.6 is 11.8 Å². The maximum absolute atomic E-state index is 11.1. The van der Waals surface area contributed by atoms with Crippen molar-refractivity contribution >= 4 is 17.7 Å². The summed E-state index contributed by atoms with van der Waals surface area (Å²) in [5.41, 5.74) is 5.17. The predicted octanol–water partition coefficient (Wildman–Crippen LogP) is 5.59. The first-order chi connectivity index (χ1) is 13.1. The molecule has 0 atom stereocenters. The Morgan fingerprint density at radius 2 is 1.78 bits per heavy atom. The molecule has 4 heteroatoms. The molecular weight excluding hydrogens is 356 g/mol. The Kier molecular flexibility index (Phi) is 6.20. The molecule has 0 saturated carbocycles. The number of benzene rings is 3. The number of methoxy groups -OCH3 is 1. The highest BCUT2D eigenvalue weighted by molar-refractivity contribution is 7.98. The molecule has 0 aliphatic carbocycles. The number of carboxylic acids is 1. The average Bonchev–Trinajstić information content (AvgIpc) is 2.67. The van der Waals surface area contributed by atoms with Gasteiger partial charge in [-0.25, -0.2) is 0 Å². The number of ether oxygens (including phenoxy) is 1. The highest BCUT2D eigenvalue weighted by atomic mass is 32.2. The highest BCUT2D eigenvalue weighted by Gasteiger charge is 2.13. The van der Waals surface area contributed by atoms with Crippen molar-refractivity contribution in [3.63, 3.8) is 0 Å². The van der Waals surface area contributed by atoms with E-state index < -0.39 is 5.97 Å². The number of aliphatic carboxylic acids is 1. The van der Waals surface area contributed by atoms with Crippen LogP contribution in [0.3, 0.4) is 0 Å². The molecule has 3 rings (SSSR count). The van der Waals surface area contributed by atoms with E-state index in [0.29, 0.717) is 0 Å². The molecule has 3 nitrogen and oxygen atoms in total. The van der Waals surface area contributed by atoms with Gasteiger partial charge in [0.1, 0.15) is 5.75 Å². The molecule has 3 aromatic carbocycles. The Bertz CT molecular complexity index is 936. The fourth-order valence-corrected chi connectivity index (χ4v) is 3.94. The van der Waals surface area contributed by atoms with Gasteiger partial charge in [-0.1, -0.05) is 48.0 Å². The summed E-state index contributed by atoms with van der Waals surface area (Å²) in [5.74, 6) is 0.738. The van der Waals surface area contributed by atoms with E-state index in [-0.39, 0.29) is 6.42 Å². The minimum absolute atomic E-state index is 0.00302. The van der Waals surface area contributed by atoms with Gasteiger partial charge in [0.2, 0.25) is 0 Å². The third kappa shape index (κ3) is 4.92. The molecule has 0 saturated heterocycles. The van der Waals surface area contributed by atoms with Crippen LogP contribution in [0.25, 0.3) is 11.1 Å². The van der Waals surface area contributed by atoms with Crippen molar-refractivity contribution in [1.29, 1.82) is 0 Å². The maximum atomic E-state index is 11.1. The molecule has 3 aromatic rings. The number of hydrogen-bond donors (Lipinski definition) is 1. The van der Waals surface area contributed by atoms with Gasteiger partial charge in [-0.3, -0.25) is 4.79 Å². The van der Waals surface area contributed by atoms with Gasteiger partial charge in [0.25, 0.3) is 0 Å². The second kappa shape index (κ2) is 8.78. The number of carboxylic acid groups (broad SMARTS) is 1. The Balaban J connectivity index is 1.99. The van der Waals surface area contributed by atoms with Gasteiger partial charge in [0.15, 0.2) is 0 Å². The second-order valence-electron chi connectivity index (χ2n) is 6.37. The monoisotopic (exact) mass is 378 g/mol. The molecule has 27 heavy (non-hydrogen) atoms. The van der Waals surface area contributed by atoms with Gasteiger partial charge >= 0.3 is 5.97 Å². The van der Waals surface area contributed by atoms with Crippen molar-refractivity contribution < 1.29 is 14.6 Å². The summed E-state index contributed by atoms with van der Waals surface area (Å²) in [6.07, 6.45) is -0.00302. The first kappa shape index (κ1) is 19.1. The van der Waals surface area contributed by atoms with Crippen molar-refractivity contribution in [2.24, 2.45) is 0 Å². The molecule has 138 valence electrons. The summed E-state index contributed by atoms with van der Waals surface area (Å²) in [7, 11) is 1.64. The van der Waals surface area contributed by atoms with Gasteiger partial charge in [-0.15, -0.1) is 11.8 Å². The normalized spacial score (nSPS) is 10.6. The molecule has 0 aliphatic heterocycles. The molecule has 0 unspecified atom stereocenters. The first-order valence-electron chi connectivity index (χ1n) is 8.73. The Morgan fingerprint density at radius 1 is 1.00 bits per heavy atom. The van der Waals surface area contributed by atoms with Gasteiger partial charge in [0.05, 0.1) is 13.5 Å². The van der Waals surface area contributed by atoms with Gasteiger partial charge in [-0.05, 0) is 47.9 Å². The summed E-state index contributed by atoms with van der Waals surface area (Å²) >= 11 is 1.78. The van der Waals surface area contributed by atoms with Crippen molar-refractivity contribution in [2.45, 2.75) is 24.0 Å². The van der Waals surface area contributed by atoms with Gasteiger partial charge in [-0.2, -0.15) is 0 Å². The lowest BCUT2D eigenvalue weighted by Crippen LogP contribution is -2.01. The smallest absolute Gasteiger partial charge is 0.307 e. The number of rotatable bonds is 7. The van der Waals surface area contributed by atoms with E-state index in [4.69, 9.17) is 9.84 Å². The van der Waals surface area contributed by atoms with Crippen molar-refractivity contribution in [3.8, 4) is 16.9 Å². The lowest BCUT2D eigenvalue weighted by Gasteiger charge is -2.15. The van der Waals surface area contributed by atoms with Crippen LogP contribution < -0.4 is 4.74 Å². The van der Waals surface area contributed by atoms with E-state index in [2.05, 4.69) is 37.3 Å². The van der Waals surface area contributed by atoms with E-state index in [1.807, 2.05) is 36.4 Å². The molecule has 1 N–H and O–H groups in total. The van der Waals surface area contributed by atoms with Crippen LogP contribution in [-0.2, 0) is 17.0 Å². The van der Waals surface area contributed by atoms with Crippen LogP contribution in [0.4, 0.5) is 0 Å². The van der Waals surface area contributed by atoms with E-state index in [1.54, 1.807) is 18.9 Å². The van der Waals surface area contributed by atoms with Crippen LogP contribution in [0.5, 0.6) is 5.75 Å². The largest absolute Gasteiger partial charge is 0.496 e. The number of thioether (sulfide) groups is 1. The number of carbonyl (C=O) groups is 1. The summed E-state index contributed by atoms with van der Waals surface area (Å²) in [6.45, 7) is 2.08. The van der Waals surface area contributed by atoms with Crippen LogP contribution in [0.15, 0.2) is 71.6 Å². The molecule has 0 amide bonds. The molecule has 0 aromatic heterocycles. The highest BCUT2D eigenvalue weighted by Crippen LogP contribution is 2.36. The SMILES string of the molecule is COc1ccc(CC(=O)O)cc1-c1ccc(C)cc1CSc1ccccc1. The fourth-order valence-electron chi connectivity index (χ4n) is 3.03. The van der Waals surface area contributed by atoms with Crippen LogP contribution in [0.1, 0.15) is 16.7 Å². The standard InChI is InChI=1S/C23H22O3S/c1-16-8-10-20(18(12-16)15-27-19-6-4-3-5-7-19)21-13-17(14-23(24)25)9-11-22(21)26-2/h3-13H,14-15H2,1-2H3,(H,24,25). The number of hydrogen-bond acceptors (Lipinski definition) is 3.